The first kappa shape index (κ1) is 35.6. The predicted molar refractivity (Wildman–Crippen MR) is 187 cm³/mol. The molecule has 262 valence electrons. The van der Waals surface area contributed by atoms with E-state index >= 15 is 0 Å². The molecule has 2 heterocycles. The van der Waals surface area contributed by atoms with Crippen molar-refractivity contribution in [3.8, 4) is 0 Å². The Morgan fingerprint density at radius 2 is 1.71 bits per heavy atom. The maximum Gasteiger partial charge on any atom is 0.330 e. The Labute approximate surface area is 286 Å². The molecule has 49 heavy (non-hydrogen) atoms. The minimum Gasteiger partial charge on any atom is -0.466 e. The first-order chi connectivity index (χ1) is 23.1. The summed E-state index contributed by atoms with van der Waals surface area (Å²) in [4.78, 5) is 65.6. The third kappa shape index (κ3) is 8.50. The zero-order chi connectivity index (χ0) is 35.6. The smallest absolute Gasteiger partial charge is 0.330 e. The van der Waals surface area contributed by atoms with E-state index in [-0.39, 0.29) is 53.1 Å². The molecule has 2 bridgehead atoms. The number of anilines is 1. The second-order valence-corrected chi connectivity index (χ2v) is 15.4. The lowest BCUT2D eigenvalue weighted by Gasteiger charge is -2.56. The van der Waals surface area contributed by atoms with Crippen LogP contribution < -0.4 is 21.5 Å². The third-order valence-electron chi connectivity index (χ3n) is 9.74. The maximum atomic E-state index is 13.6. The van der Waals surface area contributed by atoms with Gasteiger partial charge in [0, 0.05) is 28.8 Å². The molecule has 2 aliphatic rings. The lowest BCUT2D eigenvalue weighted by molar-refractivity contribution is -0.135. The Morgan fingerprint density at radius 3 is 2.39 bits per heavy atom. The summed E-state index contributed by atoms with van der Waals surface area (Å²) in [7, 11) is 1.26. The quantitative estimate of drug-likeness (QED) is 0.176. The molecule has 5 rings (SSSR count). The number of esters is 1. The van der Waals surface area contributed by atoms with E-state index < -0.39 is 29.4 Å². The molecule has 2 saturated carbocycles. The van der Waals surface area contributed by atoms with E-state index in [9.17, 15) is 24.0 Å². The van der Waals surface area contributed by atoms with Crippen molar-refractivity contribution in [1.82, 2.24) is 15.2 Å². The number of hydrogen-bond acceptors (Lipinski definition) is 7. The van der Waals surface area contributed by atoms with Crippen LogP contribution in [0.2, 0.25) is 0 Å². The Morgan fingerprint density at radius 1 is 1.02 bits per heavy atom. The first-order valence-corrected chi connectivity index (χ1v) is 16.9. The number of aryl methyl sites for hydroxylation is 1. The van der Waals surface area contributed by atoms with E-state index in [1.54, 1.807) is 31.2 Å². The van der Waals surface area contributed by atoms with Crippen molar-refractivity contribution in [2.45, 2.75) is 97.7 Å². The number of hydrogen-bond donors (Lipinski definition) is 3. The highest BCUT2D eigenvalue weighted by Gasteiger charge is 2.51. The standard InChI is InChI=1S/C38H48N4O7/c1-24-26-12-7-9-15-29(26)49-32(24)34(46)39-27(13-8-10-16-31(44)48-6)33(45)40-28-14-11-17-42(35(28)47)21-30(43)41-38-20-25(18-36(2,3)22-38)19-37(4,5)23-38/h7,9-12,14-17,25,27H,8,13,18-23H2,1-6H3,(H,39,46)(H,40,45)(H,41,43)/b16-10+. The van der Waals surface area contributed by atoms with Crippen LogP contribution in [0.4, 0.5) is 5.69 Å². The fourth-order valence-electron chi connectivity index (χ4n) is 8.52. The number of furan rings is 1. The summed E-state index contributed by atoms with van der Waals surface area (Å²) in [6, 6.07) is 9.21. The highest BCUT2D eigenvalue weighted by atomic mass is 16.5. The van der Waals surface area contributed by atoms with Gasteiger partial charge in [-0.2, -0.15) is 0 Å². The fraction of sp³-hybridized carbons (Fsp3) is 0.500. The number of ether oxygens (including phenoxy) is 1. The van der Waals surface area contributed by atoms with Gasteiger partial charge in [-0.25, -0.2) is 4.79 Å². The molecule has 3 amide bonds. The van der Waals surface area contributed by atoms with E-state index in [1.165, 1.54) is 30.0 Å². The average Bonchev–Trinajstić information content (AvgIpc) is 3.34. The van der Waals surface area contributed by atoms with E-state index in [2.05, 4.69) is 48.4 Å². The van der Waals surface area contributed by atoms with Crippen molar-refractivity contribution in [2.75, 3.05) is 12.4 Å². The maximum absolute atomic E-state index is 13.6. The number of fused-ring (bicyclic) bond motifs is 3. The molecule has 1 atom stereocenters. The number of methoxy groups -OCH3 is 1. The summed E-state index contributed by atoms with van der Waals surface area (Å²) < 4.78 is 11.7. The van der Waals surface area contributed by atoms with Crippen LogP contribution in [0, 0.1) is 23.7 Å². The van der Waals surface area contributed by atoms with Crippen LogP contribution in [-0.2, 0) is 25.7 Å². The van der Waals surface area contributed by atoms with Crippen molar-refractivity contribution in [3.05, 3.63) is 76.4 Å². The molecule has 0 radical (unpaired) electrons. The molecule has 2 aliphatic carbocycles. The number of carbonyl (C=O) groups is 4. The summed E-state index contributed by atoms with van der Waals surface area (Å²) >= 11 is 0. The lowest BCUT2D eigenvalue weighted by Crippen LogP contribution is -2.60. The Bertz CT molecular complexity index is 1810. The Kier molecular flexibility index (Phi) is 10.2. The van der Waals surface area contributed by atoms with Gasteiger partial charge < -0.3 is 29.7 Å². The number of para-hydroxylation sites is 1. The summed E-state index contributed by atoms with van der Waals surface area (Å²) in [5, 5.41) is 9.51. The fourth-order valence-corrected chi connectivity index (χ4v) is 8.52. The van der Waals surface area contributed by atoms with E-state index in [1.807, 2.05) is 12.1 Å². The molecule has 2 aromatic heterocycles. The lowest BCUT2D eigenvalue weighted by atomic mass is 9.53. The van der Waals surface area contributed by atoms with Gasteiger partial charge in [-0.1, -0.05) is 52.0 Å². The van der Waals surface area contributed by atoms with Crippen molar-refractivity contribution >= 4 is 40.3 Å². The van der Waals surface area contributed by atoms with Crippen LogP contribution in [-0.4, -0.2) is 46.9 Å². The van der Waals surface area contributed by atoms with Gasteiger partial charge in [-0.15, -0.1) is 0 Å². The Balaban J connectivity index is 1.31. The van der Waals surface area contributed by atoms with E-state index in [4.69, 9.17) is 4.42 Å². The number of nitrogens with one attached hydrogen (secondary N) is 3. The number of amides is 3. The second kappa shape index (κ2) is 14.1. The Hall–Kier alpha value is -4.67. The highest BCUT2D eigenvalue weighted by Crippen LogP contribution is 2.55. The van der Waals surface area contributed by atoms with Crippen LogP contribution in [0.15, 0.2) is 64.0 Å². The molecule has 0 spiro atoms. The van der Waals surface area contributed by atoms with Crippen LogP contribution >= 0.6 is 0 Å². The molecule has 3 aromatic rings. The molecule has 1 unspecified atom stereocenters. The minimum atomic E-state index is -1.09. The number of pyridine rings is 1. The van der Waals surface area contributed by atoms with Gasteiger partial charge in [-0.3, -0.25) is 19.2 Å². The van der Waals surface area contributed by atoms with Gasteiger partial charge in [0.2, 0.25) is 11.8 Å². The zero-order valence-electron chi connectivity index (χ0n) is 29.3. The average molecular weight is 673 g/mol. The number of nitrogens with zero attached hydrogens (tertiary/aromatic N) is 1. The number of carbonyl (C=O) groups excluding carboxylic acids is 4. The van der Waals surface area contributed by atoms with Crippen LogP contribution in [0.3, 0.4) is 0 Å². The van der Waals surface area contributed by atoms with Crippen LogP contribution in [0.5, 0.6) is 0 Å². The molecule has 3 N–H and O–H groups in total. The van der Waals surface area contributed by atoms with Gasteiger partial charge in [0.05, 0.1) is 7.11 Å². The van der Waals surface area contributed by atoms with E-state index in [0.717, 1.165) is 37.5 Å². The molecule has 0 saturated heterocycles. The number of rotatable bonds is 11. The van der Waals surface area contributed by atoms with Gasteiger partial charge in [0.15, 0.2) is 5.76 Å². The largest absolute Gasteiger partial charge is 0.466 e. The van der Waals surface area contributed by atoms with Gasteiger partial charge in [-0.05, 0) is 86.8 Å². The molecule has 1 aromatic carbocycles. The summed E-state index contributed by atoms with van der Waals surface area (Å²) in [6.45, 7) is 10.6. The first-order valence-electron chi connectivity index (χ1n) is 16.9. The minimum absolute atomic E-state index is 0.0274. The number of aromatic nitrogens is 1. The molecule has 0 aliphatic heterocycles. The molecular weight excluding hydrogens is 624 g/mol. The van der Waals surface area contributed by atoms with Gasteiger partial charge in [0.1, 0.15) is 23.9 Å². The van der Waals surface area contributed by atoms with Crippen molar-refractivity contribution in [2.24, 2.45) is 16.7 Å². The normalized spacial score (nSPS) is 21.6. The second-order valence-electron chi connectivity index (χ2n) is 15.4. The predicted octanol–water partition coefficient (Wildman–Crippen LogP) is 5.65. The molecular formula is C38H48N4O7. The van der Waals surface area contributed by atoms with Crippen molar-refractivity contribution < 1.29 is 28.3 Å². The summed E-state index contributed by atoms with van der Waals surface area (Å²) in [6.07, 6.45) is 9.64. The SMILES string of the molecule is COC(=O)/C=C/CCC(NC(=O)c1oc2ccccc2c1C)C(=O)Nc1cccn(CC(=O)NC23CC(CC(C)(C)C2)CC(C)(C)C3)c1=O. The van der Waals surface area contributed by atoms with Gasteiger partial charge >= 0.3 is 5.97 Å². The zero-order valence-corrected chi connectivity index (χ0v) is 29.3. The van der Waals surface area contributed by atoms with Crippen LogP contribution in [0.25, 0.3) is 11.0 Å². The summed E-state index contributed by atoms with van der Waals surface area (Å²) in [5.41, 5.74) is 0.492. The third-order valence-corrected chi connectivity index (χ3v) is 9.74. The number of benzene rings is 1. The topological polar surface area (TPSA) is 149 Å². The van der Waals surface area contributed by atoms with E-state index in [0.29, 0.717) is 17.1 Å². The molecule has 11 nitrogen and oxygen atoms in total. The molecule has 2 fully saturated rings. The number of allylic oxidation sites excluding steroid dienone is 1. The highest BCUT2D eigenvalue weighted by molar-refractivity contribution is 6.03. The summed E-state index contributed by atoms with van der Waals surface area (Å²) in [5.74, 6) is -1.41. The van der Waals surface area contributed by atoms with Gasteiger partial charge in [0.25, 0.3) is 11.5 Å². The van der Waals surface area contributed by atoms with Crippen molar-refractivity contribution in [3.63, 3.8) is 0 Å². The molecule has 11 heteroatoms. The van der Waals surface area contributed by atoms with Crippen molar-refractivity contribution in [1.29, 1.82) is 0 Å². The monoisotopic (exact) mass is 672 g/mol. The van der Waals surface area contributed by atoms with Crippen LogP contribution in [0.1, 0.15) is 88.8 Å².